The van der Waals surface area contributed by atoms with Crippen LogP contribution < -0.4 is 16.0 Å². The molecule has 34 heavy (non-hydrogen) atoms. The number of anilines is 2. The third-order valence-electron chi connectivity index (χ3n) is 6.60. The molecular formula is C25H35Cl2N5O2. The second kappa shape index (κ2) is 12.9. The molecule has 0 amide bonds. The molecule has 186 valence electrons. The van der Waals surface area contributed by atoms with Gasteiger partial charge in [-0.15, -0.1) is 0 Å². The number of pyridine rings is 2. The van der Waals surface area contributed by atoms with E-state index in [2.05, 4.69) is 20.9 Å². The molecule has 0 radical (unpaired) electrons. The minimum atomic E-state index is 0.385. The molecule has 0 spiro atoms. The topological polar surface area (TPSA) is 80.3 Å². The van der Waals surface area contributed by atoms with E-state index >= 15 is 0 Å². The minimum Gasteiger partial charge on any atom is -0.383 e. The zero-order valence-electron chi connectivity index (χ0n) is 19.8. The average Bonchev–Trinajstić information content (AvgIpc) is 2.87. The summed E-state index contributed by atoms with van der Waals surface area (Å²) in [4.78, 5) is 9.29. The molecule has 1 saturated heterocycles. The molecule has 2 fully saturated rings. The first-order chi connectivity index (χ1) is 16.6. The van der Waals surface area contributed by atoms with Gasteiger partial charge in [-0.25, -0.2) is 9.97 Å². The Bertz CT molecular complexity index is 918. The summed E-state index contributed by atoms with van der Waals surface area (Å²) in [5.41, 5.74) is 1.44. The Balaban J connectivity index is 1.39. The molecule has 1 atom stereocenters. The van der Waals surface area contributed by atoms with Crippen LogP contribution in [0.3, 0.4) is 0 Å². The van der Waals surface area contributed by atoms with E-state index in [1.807, 2.05) is 18.2 Å². The fourth-order valence-corrected chi connectivity index (χ4v) is 5.06. The molecule has 2 aromatic heterocycles. The molecular weight excluding hydrogens is 473 g/mol. The number of halogens is 2. The lowest BCUT2D eigenvalue weighted by molar-refractivity contribution is 0.0595. The van der Waals surface area contributed by atoms with Crippen molar-refractivity contribution in [2.75, 3.05) is 50.7 Å². The lowest BCUT2D eigenvalue weighted by Gasteiger charge is -2.30. The third-order valence-corrected chi connectivity index (χ3v) is 7.21. The van der Waals surface area contributed by atoms with Crippen LogP contribution in [0.4, 0.5) is 11.6 Å². The van der Waals surface area contributed by atoms with Crippen LogP contribution in [-0.4, -0.2) is 62.1 Å². The largest absolute Gasteiger partial charge is 0.383 e. The molecule has 2 aliphatic rings. The molecule has 1 aliphatic heterocycles. The van der Waals surface area contributed by atoms with E-state index < -0.39 is 0 Å². The number of nitrogens with zero attached hydrogens (tertiary/aromatic N) is 2. The second-order valence-corrected chi connectivity index (χ2v) is 9.99. The molecule has 3 N–H and O–H groups in total. The Kier molecular flexibility index (Phi) is 9.65. The normalized spacial score (nSPS) is 23.0. The molecule has 1 saturated carbocycles. The predicted molar refractivity (Wildman–Crippen MR) is 139 cm³/mol. The molecule has 7 nitrogen and oxygen atoms in total. The smallest absolute Gasteiger partial charge is 0.126 e. The number of methoxy groups -OCH3 is 1. The van der Waals surface area contributed by atoms with Gasteiger partial charge < -0.3 is 25.4 Å². The summed E-state index contributed by atoms with van der Waals surface area (Å²) in [6, 6.07) is 6.67. The summed E-state index contributed by atoms with van der Waals surface area (Å²) in [6.45, 7) is 4.14. The van der Waals surface area contributed by atoms with Gasteiger partial charge >= 0.3 is 0 Å². The zero-order valence-corrected chi connectivity index (χ0v) is 21.3. The van der Waals surface area contributed by atoms with Crippen molar-refractivity contribution in [3.63, 3.8) is 0 Å². The summed E-state index contributed by atoms with van der Waals surface area (Å²) in [5.74, 6) is 2.08. The molecule has 0 unspecified atom stereocenters. The lowest BCUT2D eigenvalue weighted by Crippen LogP contribution is -2.38. The standard InChI is InChI=1S/C25H35Cl2N5O2/c1-33-12-10-28-18-4-6-19(7-5-18)31-24-13-20(22(27)15-30-24)25-21(26)8-9-23(32-25)29-14-17-3-2-11-34-16-17/h8-9,13,15,17-19,28H,2-7,10-12,14,16H2,1H3,(H,29,32)(H,30,31)/t17-,18?,19?/m0/s1. The fourth-order valence-electron chi connectivity index (χ4n) is 4.66. The van der Waals surface area contributed by atoms with Crippen molar-refractivity contribution >= 4 is 34.8 Å². The highest BCUT2D eigenvalue weighted by atomic mass is 35.5. The highest BCUT2D eigenvalue weighted by Crippen LogP contribution is 2.34. The van der Waals surface area contributed by atoms with Crippen LogP contribution in [-0.2, 0) is 9.47 Å². The summed E-state index contributed by atoms with van der Waals surface area (Å²) >= 11 is 13.1. The average molecular weight is 508 g/mol. The Morgan fingerprint density at radius 2 is 1.88 bits per heavy atom. The maximum absolute atomic E-state index is 6.54. The minimum absolute atomic E-state index is 0.385. The first-order valence-electron chi connectivity index (χ1n) is 12.3. The van der Waals surface area contributed by atoms with Gasteiger partial charge in [0.15, 0.2) is 0 Å². The van der Waals surface area contributed by atoms with Crippen LogP contribution in [0.2, 0.25) is 10.0 Å². The first-order valence-corrected chi connectivity index (χ1v) is 13.0. The van der Waals surface area contributed by atoms with Gasteiger partial charge in [0.2, 0.25) is 0 Å². The van der Waals surface area contributed by atoms with Crippen LogP contribution in [0.5, 0.6) is 0 Å². The van der Waals surface area contributed by atoms with Crippen LogP contribution in [0.1, 0.15) is 38.5 Å². The van der Waals surface area contributed by atoms with Gasteiger partial charge in [-0.05, 0) is 62.6 Å². The van der Waals surface area contributed by atoms with Crippen LogP contribution in [0.25, 0.3) is 11.3 Å². The first kappa shape index (κ1) is 25.5. The summed E-state index contributed by atoms with van der Waals surface area (Å²) in [7, 11) is 1.73. The van der Waals surface area contributed by atoms with E-state index in [9.17, 15) is 0 Å². The maximum atomic E-state index is 6.54. The van der Waals surface area contributed by atoms with Gasteiger partial charge in [0.25, 0.3) is 0 Å². The van der Waals surface area contributed by atoms with E-state index in [0.29, 0.717) is 33.7 Å². The number of hydrogen-bond acceptors (Lipinski definition) is 7. The Morgan fingerprint density at radius 1 is 1.06 bits per heavy atom. The number of hydrogen-bond donors (Lipinski definition) is 3. The molecule has 9 heteroatoms. The van der Waals surface area contributed by atoms with Crippen LogP contribution in [0, 0.1) is 5.92 Å². The van der Waals surface area contributed by atoms with Crippen LogP contribution in [0.15, 0.2) is 24.4 Å². The molecule has 0 aromatic carbocycles. The van der Waals surface area contributed by atoms with E-state index in [1.165, 1.54) is 6.42 Å². The Morgan fingerprint density at radius 3 is 2.65 bits per heavy atom. The van der Waals surface area contributed by atoms with Crippen molar-refractivity contribution < 1.29 is 9.47 Å². The molecule has 2 aromatic rings. The highest BCUT2D eigenvalue weighted by molar-refractivity contribution is 6.36. The number of aromatic nitrogens is 2. The summed E-state index contributed by atoms with van der Waals surface area (Å²) in [6.07, 6.45) is 8.41. The van der Waals surface area contributed by atoms with Gasteiger partial charge in [-0.2, -0.15) is 0 Å². The Hall–Kier alpha value is -1.64. The van der Waals surface area contributed by atoms with Gasteiger partial charge in [-0.3, -0.25) is 0 Å². The zero-order chi connectivity index (χ0) is 23.8. The van der Waals surface area contributed by atoms with E-state index in [4.69, 9.17) is 37.7 Å². The van der Waals surface area contributed by atoms with Crippen molar-refractivity contribution in [3.8, 4) is 11.3 Å². The SMILES string of the molecule is COCCNC1CCC(Nc2cc(-c3nc(NC[C@@H]4CCCOC4)ccc3Cl)c(Cl)cn2)CC1. The third kappa shape index (κ3) is 7.18. The van der Waals surface area contributed by atoms with Crippen molar-refractivity contribution in [2.45, 2.75) is 50.6 Å². The van der Waals surface area contributed by atoms with Gasteiger partial charge in [0, 0.05) is 50.7 Å². The number of rotatable bonds is 10. The van der Waals surface area contributed by atoms with Crippen LogP contribution >= 0.6 is 23.2 Å². The lowest BCUT2D eigenvalue weighted by atomic mass is 9.91. The molecule has 1 aliphatic carbocycles. The van der Waals surface area contributed by atoms with Crippen molar-refractivity contribution in [1.29, 1.82) is 0 Å². The summed E-state index contributed by atoms with van der Waals surface area (Å²) < 4.78 is 10.7. The highest BCUT2D eigenvalue weighted by Gasteiger charge is 2.22. The molecule has 0 bridgehead atoms. The van der Waals surface area contributed by atoms with E-state index in [1.54, 1.807) is 13.3 Å². The fraction of sp³-hybridized carbons (Fsp3) is 0.600. The second-order valence-electron chi connectivity index (χ2n) is 9.18. The van der Waals surface area contributed by atoms with Crippen molar-refractivity contribution in [2.24, 2.45) is 5.92 Å². The monoisotopic (exact) mass is 507 g/mol. The Labute approximate surface area is 212 Å². The van der Waals surface area contributed by atoms with Crippen molar-refractivity contribution in [1.82, 2.24) is 15.3 Å². The predicted octanol–water partition coefficient (Wildman–Crippen LogP) is 5.25. The van der Waals surface area contributed by atoms with Gasteiger partial charge in [0.1, 0.15) is 11.6 Å². The maximum Gasteiger partial charge on any atom is 0.126 e. The quantitative estimate of drug-likeness (QED) is 0.379. The molecule has 3 heterocycles. The van der Waals surface area contributed by atoms with E-state index in [0.717, 1.165) is 82.2 Å². The number of ether oxygens (including phenoxy) is 2. The van der Waals surface area contributed by atoms with Gasteiger partial charge in [0.05, 0.1) is 29.0 Å². The summed E-state index contributed by atoms with van der Waals surface area (Å²) in [5, 5.41) is 11.7. The molecule has 4 rings (SSSR count). The number of nitrogens with one attached hydrogen (secondary N) is 3. The van der Waals surface area contributed by atoms with Gasteiger partial charge in [-0.1, -0.05) is 23.2 Å². The van der Waals surface area contributed by atoms with E-state index in [-0.39, 0.29) is 0 Å². The van der Waals surface area contributed by atoms with Crippen molar-refractivity contribution in [3.05, 3.63) is 34.4 Å².